The van der Waals surface area contributed by atoms with Crippen molar-refractivity contribution >= 4 is 33.1 Å². The molecule has 4 heteroatoms. The highest BCUT2D eigenvalue weighted by atomic mass is 16.5. The molecule has 30 heavy (non-hydrogen) atoms. The van der Waals surface area contributed by atoms with Crippen molar-refractivity contribution in [1.29, 1.82) is 0 Å². The quantitative estimate of drug-likeness (QED) is 0.318. The zero-order chi connectivity index (χ0) is 20.5. The van der Waals surface area contributed by atoms with E-state index >= 15 is 0 Å². The Balaban J connectivity index is 1.71. The minimum atomic E-state index is 0.695. The van der Waals surface area contributed by atoms with Crippen LogP contribution in [-0.4, -0.2) is 21.1 Å². The molecule has 0 amide bonds. The number of para-hydroxylation sites is 4. The van der Waals surface area contributed by atoms with E-state index in [1.54, 1.807) is 0 Å². The number of ether oxygens (including phenoxy) is 1. The first kappa shape index (κ1) is 18.6. The Morgan fingerprint density at radius 3 is 2.47 bits per heavy atom. The Morgan fingerprint density at radius 2 is 1.63 bits per heavy atom. The van der Waals surface area contributed by atoms with Crippen LogP contribution in [0.4, 0.5) is 0 Å². The van der Waals surface area contributed by atoms with Crippen LogP contribution in [0.1, 0.15) is 30.9 Å². The van der Waals surface area contributed by atoms with Gasteiger partial charge in [0, 0.05) is 10.9 Å². The lowest BCUT2D eigenvalue weighted by atomic mass is 10.1. The molecule has 0 spiro atoms. The van der Waals surface area contributed by atoms with Crippen molar-refractivity contribution in [2.75, 3.05) is 6.61 Å². The van der Waals surface area contributed by atoms with Crippen LogP contribution in [0.2, 0.25) is 0 Å². The Labute approximate surface area is 176 Å². The van der Waals surface area contributed by atoms with Crippen LogP contribution < -0.4 is 4.74 Å². The van der Waals surface area contributed by atoms with Crippen LogP contribution in [0.3, 0.4) is 0 Å². The second kappa shape index (κ2) is 7.79. The van der Waals surface area contributed by atoms with E-state index in [1.807, 2.05) is 30.3 Å². The fourth-order valence-corrected chi connectivity index (χ4v) is 4.10. The summed E-state index contributed by atoms with van der Waals surface area (Å²) in [7, 11) is 0. The van der Waals surface area contributed by atoms with E-state index in [4.69, 9.17) is 14.7 Å². The molecule has 4 nitrogen and oxygen atoms in total. The minimum Gasteiger partial charge on any atom is -0.493 e. The smallest absolute Gasteiger partial charge is 0.160 e. The van der Waals surface area contributed by atoms with E-state index < -0.39 is 0 Å². The molecular formula is C26H25N3O. The lowest BCUT2D eigenvalue weighted by Gasteiger charge is -2.14. The average molecular weight is 396 g/mol. The summed E-state index contributed by atoms with van der Waals surface area (Å²) in [5.41, 5.74) is 7.28. The van der Waals surface area contributed by atoms with Crippen LogP contribution in [0, 0.1) is 6.92 Å². The Bertz CT molecular complexity index is 1350. The van der Waals surface area contributed by atoms with E-state index in [9.17, 15) is 0 Å². The van der Waals surface area contributed by atoms with Gasteiger partial charge in [0.15, 0.2) is 5.65 Å². The molecule has 0 atom stereocenters. The largest absolute Gasteiger partial charge is 0.493 e. The van der Waals surface area contributed by atoms with Gasteiger partial charge in [-0.3, -0.25) is 0 Å². The number of nitrogens with zero attached hydrogens (tertiary/aromatic N) is 3. The maximum atomic E-state index is 6.10. The number of rotatable bonds is 6. The molecule has 5 rings (SSSR count). The number of aromatic nitrogens is 3. The number of aryl methyl sites for hydroxylation is 1. The number of hydrogen-bond donors (Lipinski definition) is 0. The average Bonchev–Trinajstić information content (AvgIpc) is 3.07. The van der Waals surface area contributed by atoms with Gasteiger partial charge in [0.05, 0.1) is 29.7 Å². The van der Waals surface area contributed by atoms with Crippen molar-refractivity contribution in [1.82, 2.24) is 14.5 Å². The van der Waals surface area contributed by atoms with Crippen molar-refractivity contribution < 1.29 is 4.74 Å². The molecule has 5 aromatic rings. The van der Waals surface area contributed by atoms with Gasteiger partial charge in [0.1, 0.15) is 11.3 Å². The highest BCUT2D eigenvalue weighted by Gasteiger charge is 2.17. The van der Waals surface area contributed by atoms with Gasteiger partial charge >= 0.3 is 0 Å². The SMILES string of the molecule is CCCCOc1ccccc1Cn1c2nc3ccccc3nc2c2cccc(C)c21. The first-order valence-corrected chi connectivity index (χ1v) is 10.6. The standard InChI is InChI=1S/C26H25N3O/c1-3-4-16-30-23-15-8-5-11-19(23)17-29-25-18(2)10-9-12-20(25)24-26(29)28-22-14-7-6-13-21(22)27-24/h5-15H,3-4,16-17H2,1-2H3. The van der Waals surface area contributed by atoms with Crippen LogP contribution in [0.15, 0.2) is 66.7 Å². The molecular weight excluding hydrogens is 370 g/mol. The first-order chi connectivity index (χ1) is 14.8. The van der Waals surface area contributed by atoms with Gasteiger partial charge in [-0.1, -0.05) is 61.9 Å². The van der Waals surface area contributed by atoms with Crippen LogP contribution in [0.25, 0.3) is 33.1 Å². The Morgan fingerprint density at radius 1 is 0.867 bits per heavy atom. The fourth-order valence-electron chi connectivity index (χ4n) is 4.10. The number of unbranched alkanes of at least 4 members (excludes halogenated alkanes) is 1. The second-order valence-electron chi connectivity index (χ2n) is 7.75. The molecule has 0 saturated heterocycles. The number of hydrogen-bond acceptors (Lipinski definition) is 3. The van der Waals surface area contributed by atoms with E-state index in [0.717, 1.165) is 58.3 Å². The van der Waals surface area contributed by atoms with E-state index in [-0.39, 0.29) is 0 Å². The summed E-state index contributed by atoms with van der Waals surface area (Å²) < 4.78 is 8.39. The van der Waals surface area contributed by atoms with Crippen molar-refractivity contribution in [2.24, 2.45) is 0 Å². The highest BCUT2D eigenvalue weighted by molar-refractivity contribution is 6.07. The van der Waals surface area contributed by atoms with E-state index in [2.05, 4.69) is 54.8 Å². The molecule has 3 aromatic carbocycles. The third kappa shape index (κ3) is 3.18. The number of benzene rings is 3. The zero-order valence-corrected chi connectivity index (χ0v) is 17.4. The van der Waals surface area contributed by atoms with Crippen LogP contribution in [-0.2, 0) is 6.54 Å². The molecule has 0 saturated carbocycles. The van der Waals surface area contributed by atoms with Crippen molar-refractivity contribution in [2.45, 2.75) is 33.2 Å². The van der Waals surface area contributed by atoms with E-state index in [0.29, 0.717) is 6.54 Å². The van der Waals surface area contributed by atoms with Crippen molar-refractivity contribution in [3.63, 3.8) is 0 Å². The summed E-state index contributed by atoms with van der Waals surface area (Å²) in [6, 6.07) is 22.8. The second-order valence-corrected chi connectivity index (χ2v) is 7.75. The van der Waals surface area contributed by atoms with Crippen LogP contribution in [0.5, 0.6) is 5.75 Å². The third-order valence-corrected chi connectivity index (χ3v) is 5.63. The highest BCUT2D eigenvalue weighted by Crippen LogP contribution is 2.32. The molecule has 0 radical (unpaired) electrons. The summed E-state index contributed by atoms with van der Waals surface area (Å²) in [6.45, 7) is 5.77. The van der Waals surface area contributed by atoms with Gasteiger partial charge in [-0.05, 0) is 37.1 Å². The first-order valence-electron chi connectivity index (χ1n) is 10.6. The maximum Gasteiger partial charge on any atom is 0.160 e. The maximum absolute atomic E-state index is 6.10. The molecule has 150 valence electrons. The monoisotopic (exact) mass is 395 g/mol. The third-order valence-electron chi connectivity index (χ3n) is 5.63. The minimum absolute atomic E-state index is 0.695. The Hall–Kier alpha value is -3.40. The summed E-state index contributed by atoms with van der Waals surface area (Å²) >= 11 is 0. The lowest BCUT2D eigenvalue weighted by molar-refractivity contribution is 0.306. The molecule has 0 fully saturated rings. The van der Waals surface area contributed by atoms with Gasteiger partial charge < -0.3 is 9.30 Å². The topological polar surface area (TPSA) is 39.9 Å². The van der Waals surface area contributed by atoms with Crippen molar-refractivity contribution in [3.8, 4) is 5.75 Å². The van der Waals surface area contributed by atoms with Gasteiger partial charge in [-0.25, -0.2) is 9.97 Å². The van der Waals surface area contributed by atoms with Crippen LogP contribution >= 0.6 is 0 Å². The van der Waals surface area contributed by atoms with E-state index in [1.165, 1.54) is 11.1 Å². The van der Waals surface area contributed by atoms with Gasteiger partial charge in [-0.15, -0.1) is 0 Å². The summed E-state index contributed by atoms with van der Waals surface area (Å²) in [4.78, 5) is 9.99. The summed E-state index contributed by atoms with van der Waals surface area (Å²) in [5, 5.41) is 1.15. The molecule has 0 unspecified atom stereocenters. The summed E-state index contributed by atoms with van der Waals surface area (Å²) in [5.74, 6) is 0.947. The molecule has 2 heterocycles. The predicted molar refractivity (Wildman–Crippen MR) is 123 cm³/mol. The van der Waals surface area contributed by atoms with Gasteiger partial charge in [0.2, 0.25) is 0 Å². The zero-order valence-electron chi connectivity index (χ0n) is 17.4. The fraction of sp³-hybridized carbons (Fsp3) is 0.231. The summed E-state index contributed by atoms with van der Waals surface area (Å²) in [6.07, 6.45) is 2.18. The van der Waals surface area contributed by atoms with Gasteiger partial charge in [0.25, 0.3) is 0 Å². The van der Waals surface area contributed by atoms with Crippen molar-refractivity contribution in [3.05, 3.63) is 77.9 Å². The molecule has 0 bridgehead atoms. The molecule has 0 aliphatic rings. The normalized spacial score (nSPS) is 11.5. The molecule has 0 aliphatic heterocycles. The molecule has 0 N–H and O–H groups in total. The van der Waals surface area contributed by atoms with Gasteiger partial charge in [-0.2, -0.15) is 0 Å². The molecule has 0 aliphatic carbocycles. The predicted octanol–water partition coefficient (Wildman–Crippen LogP) is 6.27. The number of fused-ring (bicyclic) bond motifs is 4. The lowest BCUT2D eigenvalue weighted by Crippen LogP contribution is -2.05. The molecule has 2 aromatic heterocycles. The Kier molecular flexibility index (Phi) is 4.83.